The zero-order valence-corrected chi connectivity index (χ0v) is 9.44. The van der Waals surface area contributed by atoms with Crippen molar-refractivity contribution in [2.45, 2.75) is 25.4 Å². The highest BCUT2D eigenvalue weighted by molar-refractivity contribution is 5.41. The molecular formula is C13H17NO2. The quantitative estimate of drug-likeness (QED) is 0.604. The molecule has 16 heavy (non-hydrogen) atoms. The summed E-state index contributed by atoms with van der Waals surface area (Å²) in [7, 11) is 1.62. The molecule has 2 rings (SSSR count). The first-order chi connectivity index (χ1) is 7.70. The van der Waals surface area contributed by atoms with E-state index in [0.29, 0.717) is 12.2 Å². The summed E-state index contributed by atoms with van der Waals surface area (Å²) in [5.41, 5.74) is 8.65. The standard InChI is InChI=1S/C13H17NO2/c1-16-12(13(15)10-5-6-10)8-9-3-2-4-11(14)7-9/h2-4,7,12,15H,5-6,8,14H2,1H3. The second-order valence-electron chi connectivity index (χ2n) is 4.16. The summed E-state index contributed by atoms with van der Waals surface area (Å²) in [4.78, 5) is 0. The Balaban J connectivity index is 2.10. The molecule has 1 aliphatic rings. The van der Waals surface area contributed by atoms with Crippen LogP contribution in [0.5, 0.6) is 0 Å². The number of nitrogen functional groups attached to an aromatic ring is 1. The number of allylic oxidation sites excluding steroid dienone is 1. The van der Waals surface area contributed by atoms with Crippen molar-refractivity contribution in [2.75, 3.05) is 12.8 Å². The van der Waals surface area contributed by atoms with Gasteiger partial charge >= 0.3 is 0 Å². The van der Waals surface area contributed by atoms with Crippen LogP contribution in [0.4, 0.5) is 5.69 Å². The van der Waals surface area contributed by atoms with Crippen LogP contribution < -0.4 is 5.73 Å². The Morgan fingerprint density at radius 1 is 1.50 bits per heavy atom. The molecule has 3 heteroatoms. The summed E-state index contributed by atoms with van der Waals surface area (Å²) in [6, 6.07) is 7.67. The van der Waals surface area contributed by atoms with Crippen LogP contribution in [-0.4, -0.2) is 18.3 Å². The molecule has 0 spiro atoms. The fraction of sp³-hybridized carbons (Fsp3) is 0.385. The number of nitrogens with two attached hydrogens (primary N) is 1. The van der Waals surface area contributed by atoms with E-state index in [0.717, 1.165) is 29.7 Å². The average Bonchev–Trinajstić information content (AvgIpc) is 3.09. The second kappa shape index (κ2) is 4.58. The maximum Gasteiger partial charge on any atom is 0.121 e. The molecule has 1 aromatic carbocycles. The van der Waals surface area contributed by atoms with Crippen molar-refractivity contribution >= 4 is 5.69 Å². The van der Waals surface area contributed by atoms with Gasteiger partial charge in [-0.05, 0) is 36.1 Å². The Bertz CT molecular complexity index is 406. The van der Waals surface area contributed by atoms with Gasteiger partial charge in [-0.2, -0.15) is 0 Å². The van der Waals surface area contributed by atoms with Gasteiger partial charge in [0.25, 0.3) is 0 Å². The van der Waals surface area contributed by atoms with Crippen LogP contribution >= 0.6 is 0 Å². The second-order valence-corrected chi connectivity index (χ2v) is 4.16. The van der Waals surface area contributed by atoms with Crippen LogP contribution in [0.3, 0.4) is 0 Å². The largest absolute Gasteiger partial charge is 0.510 e. The molecule has 0 aliphatic heterocycles. The van der Waals surface area contributed by atoms with Crippen molar-refractivity contribution in [1.29, 1.82) is 0 Å². The molecule has 86 valence electrons. The van der Waals surface area contributed by atoms with Gasteiger partial charge in [-0.25, -0.2) is 0 Å². The van der Waals surface area contributed by atoms with Gasteiger partial charge in [-0.15, -0.1) is 0 Å². The van der Waals surface area contributed by atoms with Crippen LogP contribution in [0.15, 0.2) is 35.6 Å². The van der Waals surface area contributed by atoms with Crippen molar-refractivity contribution in [3.8, 4) is 0 Å². The SMILES string of the molecule is COC(Cc1cccc(N)c1)C(O)=C1CC1. The number of hydrogen-bond donors (Lipinski definition) is 2. The summed E-state index contributed by atoms with van der Waals surface area (Å²) in [6.45, 7) is 0. The molecule has 0 saturated heterocycles. The summed E-state index contributed by atoms with van der Waals surface area (Å²) >= 11 is 0. The van der Waals surface area contributed by atoms with Gasteiger partial charge in [0.2, 0.25) is 0 Å². The predicted molar refractivity (Wildman–Crippen MR) is 64.2 cm³/mol. The van der Waals surface area contributed by atoms with Crippen LogP contribution in [-0.2, 0) is 11.2 Å². The van der Waals surface area contributed by atoms with Gasteiger partial charge in [0.1, 0.15) is 11.9 Å². The van der Waals surface area contributed by atoms with Gasteiger partial charge in [0.15, 0.2) is 0 Å². The highest BCUT2D eigenvalue weighted by Gasteiger charge is 2.24. The van der Waals surface area contributed by atoms with E-state index < -0.39 is 0 Å². The summed E-state index contributed by atoms with van der Waals surface area (Å²) in [5.74, 6) is 0.407. The van der Waals surface area contributed by atoms with Gasteiger partial charge in [0, 0.05) is 19.2 Å². The maximum atomic E-state index is 9.90. The Kier molecular flexibility index (Phi) is 3.15. The molecule has 1 saturated carbocycles. The van der Waals surface area contributed by atoms with Gasteiger partial charge in [0.05, 0.1) is 0 Å². The lowest BCUT2D eigenvalue weighted by Gasteiger charge is -2.15. The molecule has 0 amide bonds. The van der Waals surface area contributed by atoms with E-state index in [9.17, 15) is 5.11 Å². The van der Waals surface area contributed by atoms with E-state index in [2.05, 4.69) is 0 Å². The molecule has 1 unspecified atom stereocenters. The molecule has 0 heterocycles. The van der Waals surface area contributed by atoms with Gasteiger partial charge < -0.3 is 15.6 Å². The van der Waals surface area contributed by atoms with Crippen molar-refractivity contribution in [3.05, 3.63) is 41.2 Å². The van der Waals surface area contributed by atoms with E-state index in [1.807, 2.05) is 24.3 Å². The third-order valence-electron chi connectivity index (χ3n) is 2.82. The lowest BCUT2D eigenvalue weighted by atomic mass is 10.1. The third-order valence-corrected chi connectivity index (χ3v) is 2.82. The fourth-order valence-corrected chi connectivity index (χ4v) is 1.77. The Morgan fingerprint density at radius 3 is 2.81 bits per heavy atom. The summed E-state index contributed by atoms with van der Waals surface area (Å²) in [5, 5.41) is 9.90. The number of aliphatic hydroxyl groups is 1. The Morgan fingerprint density at radius 2 is 2.25 bits per heavy atom. The van der Waals surface area contributed by atoms with Crippen LogP contribution in [0, 0.1) is 0 Å². The normalized spacial score (nSPS) is 15.9. The minimum absolute atomic E-state index is 0.237. The molecule has 1 atom stereocenters. The Hall–Kier alpha value is -1.48. The number of benzene rings is 1. The number of methoxy groups -OCH3 is 1. The van der Waals surface area contributed by atoms with Gasteiger partial charge in [-0.3, -0.25) is 0 Å². The summed E-state index contributed by atoms with van der Waals surface area (Å²) < 4.78 is 5.31. The van der Waals surface area contributed by atoms with Gasteiger partial charge in [-0.1, -0.05) is 12.1 Å². The van der Waals surface area contributed by atoms with Crippen molar-refractivity contribution in [2.24, 2.45) is 0 Å². The van der Waals surface area contributed by atoms with E-state index in [-0.39, 0.29) is 6.10 Å². The molecule has 3 nitrogen and oxygen atoms in total. The van der Waals surface area contributed by atoms with Crippen molar-refractivity contribution in [1.82, 2.24) is 0 Å². The van der Waals surface area contributed by atoms with E-state index in [1.165, 1.54) is 0 Å². The highest BCUT2D eigenvalue weighted by Crippen LogP contribution is 2.33. The first-order valence-corrected chi connectivity index (χ1v) is 5.49. The molecule has 1 aromatic rings. The number of ether oxygens (including phenoxy) is 1. The monoisotopic (exact) mass is 219 g/mol. The molecule has 1 fully saturated rings. The van der Waals surface area contributed by atoms with Crippen LogP contribution in [0.1, 0.15) is 18.4 Å². The topological polar surface area (TPSA) is 55.5 Å². The molecule has 1 aliphatic carbocycles. The van der Waals surface area contributed by atoms with Crippen molar-refractivity contribution in [3.63, 3.8) is 0 Å². The minimum atomic E-state index is -0.237. The number of aliphatic hydroxyl groups excluding tert-OH is 1. The first-order valence-electron chi connectivity index (χ1n) is 5.49. The summed E-state index contributed by atoms with van der Waals surface area (Å²) in [6.07, 6.45) is 2.43. The third kappa shape index (κ3) is 2.55. The average molecular weight is 219 g/mol. The van der Waals surface area contributed by atoms with Crippen molar-refractivity contribution < 1.29 is 9.84 Å². The number of hydrogen-bond acceptors (Lipinski definition) is 3. The molecule has 0 aromatic heterocycles. The first kappa shape index (κ1) is 11.0. The lowest BCUT2D eigenvalue weighted by Crippen LogP contribution is -2.17. The van der Waals surface area contributed by atoms with E-state index in [1.54, 1.807) is 7.11 Å². The number of rotatable bonds is 4. The number of anilines is 1. The minimum Gasteiger partial charge on any atom is -0.510 e. The smallest absolute Gasteiger partial charge is 0.121 e. The van der Waals surface area contributed by atoms with Crippen LogP contribution in [0.2, 0.25) is 0 Å². The lowest BCUT2D eigenvalue weighted by molar-refractivity contribution is 0.0928. The van der Waals surface area contributed by atoms with E-state index in [4.69, 9.17) is 10.5 Å². The fourth-order valence-electron chi connectivity index (χ4n) is 1.77. The zero-order valence-electron chi connectivity index (χ0n) is 9.44. The molecule has 0 radical (unpaired) electrons. The van der Waals surface area contributed by atoms with E-state index >= 15 is 0 Å². The highest BCUT2D eigenvalue weighted by atomic mass is 16.5. The molecule has 3 N–H and O–H groups in total. The molecule has 0 bridgehead atoms. The maximum absolute atomic E-state index is 9.90. The van der Waals surface area contributed by atoms with Crippen LogP contribution in [0.25, 0.3) is 0 Å². The predicted octanol–water partition coefficient (Wildman–Crippen LogP) is 2.43. The molecular weight excluding hydrogens is 202 g/mol. The Labute approximate surface area is 95.5 Å². The zero-order chi connectivity index (χ0) is 11.5.